The Morgan fingerprint density at radius 3 is 2.76 bits per heavy atom. The molecule has 1 heterocycles. The molecule has 1 saturated heterocycles. The van der Waals surface area contributed by atoms with E-state index in [1.807, 2.05) is 6.07 Å². The van der Waals surface area contributed by atoms with Crippen molar-refractivity contribution < 1.29 is 14.3 Å². The highest BCUT2D eigenvalue weighted by Gasteiger charge is 2.33. The summed E-state index contributed by atoms with van der Waals surface area (Å²) in [6.07, 6.45) is 1.50. The van der Waals surface area contributed by atoms with Crippen molar-refractivity contribution in [1.29, 1.82) is 5.26 Å². The van der Waals surface area contributed by atoms with Gasteiger partial charge in [0.15, 0.2) is 6.61 Å². The highest BCUT2D eigenvalue weighted by molar-refractivity contribution is 5.88. The van der Waals surface area contributed by atoms with Crippen molar-refractivity contribution in [2.75, 3.05) is 20.2 Å². The average molecular weight is 287 g/mol. The van der Waals surface area contributed by atoms with Crippen LogP contribution in [0.25, 0.3) is 0 Å². The molecule has 0 aromatic heterocycles. The number of amides is 2. The van der Waals surface area contributed by atoms with Gasteiger partial charge in [-0.05, 0) is 37.1 Å². The summed E-state index contributed by atoms with van der Waals surface area (Å²) in [6.45, 7) is 0.465. The third-order valence-corrected chi connectivity index (χ3v) is 3.47. The van der Waals surface area contributed by atoms with E-state index in [0.717, 1.165) is 6.42 Å². The quantitative estimate of drug-likeness (QED) is 0.882. The number of nitriles is 1. The van der Waals surface area contributed by atoms with Crippen LogP contribution in [0.2, 0.25) is 0 Å². The second-order valence-corrected chi connectivity index (χ2v) is 4.78. The number of rotatable bonds is 4. The van der Waals surface area contributed by atoms with Crippen molar-refractivity contribution in [1.82, 2.24) is 10.2 Å². The van der Waals surface area contributed by atoms with Gasteiger partial charge < -0.3 is 15.0 Å². The number of likely N-dealkylation sites (N-methyl/N-ethyl adjacent to an activating group) is 1. The van der Waals surface area contributed by atoms with Gasteiger partial charge in [0.2, 0.25) is 5.91 Å². The van der Waals surface area contributed by atoms with E-state index in [9.17, 15) is 9.59 Å². The number of hydrogen-bond donors (Lipinski definition) is 1. The fraction of sp³-hybridized carbons (Fsp3) is 0.400. The van der Waals surface area contributed by atoms with E-state index in [-0.39, 0.29) is 18.4 Å². The normalized spacial score (nSPS) is 17.1. The first kappa shape index (κ1) is 14.9. The molecule has 1 aliphatic heterocycles. The van der Waals surface area contributed by atoms with Crippen LogP contribution >= 0.6 is 0 Å². The highest BCUT2D eigenvalue weighted by Crippen LogP contribution is 2.18. The number of likely N-dealkylation sites (tertiary alicyclic amines) is 1. The molecule has 1 unspecified atom stereocenters. The lowest BCUT2D eigenvalue weighted by atomic mass is 10.2. The van der Waals surface area contributed by atoms with Crippen LogP contribution in [0.15, 0.2) is 24.3 Å². The molecule has 0 spiro atoms. The SMILES string of the molecule is CNC(=O)C1CCCN1C(=O)COc1ccc(C#N)cc1. The minimum Gasteiger partial charge on any atom is -0.484 e. The molecule has 0 radical (unpaired) electrons. The van der Waals surface area contributed by atoms with Gasteiger partial charge in [-0.3, -0.25) is 9.59 Å². The topological polar surface area (TPSA) is 82.4 Å². The van der Waals surface area contributed by atoms with Crippen molar-refractivity contribution in [2.45, 2.75) is 18.9 Å². The number of nitrogens with zero attached hydrogens (tertiary/aromatic N) is 2. The molecule has 0 bridgehead atoms. The maximum atomic E-state index is 12.1. The molecule has 0 saturated carbocycles. The first-order valence-corrected chi connectivity index (χ1v) is 6.79. The molecule has 6 heteroatoms. The Bertz CT molecular complexity index is 563. The summed E-state index contributed by atoms with van der Waals surface area (Å²) in [6, 6.07) is 8.16. The zero-order chi connectivity index (χ0) is 15.2. The summed E-state index contributed by atoms with van der Waals surface area (Å²) in [7, 11) is 1.57. The Kier molecular flexibility index (Phi) is 4.77. The van der Waals surface area contributed by atoms with Gasteiger partial charge in [-0.1, -0.05) is 0 Å². The van der Waals surface area contributed by atoms with Crippen LogP contribution in [-0.4, -0.2) is 43.0 Å². The summed E-state index contributed by atoms with van der Waals surface area (Å²) in [4.78, 5) is 25.4. The molecule has 0 aliphatic carbocycles. The zero-order valence-electron chi connectivity index (χ0n) is 11.8. The summed E-state index contributed by atoms with van der Waals surface area (Å²) in [5, 5.41) is 11.3. The van der Waals surface area contributed by atoms with Crippen molar-refractivity contribution in [3.63, 3.8) is 0 Å². The van der Waals surface area contributed by atoms with E-state index in [2.05, 4.69) is 5.32 Å². The monoisotopic (exact) mass is 287 g/mol. The maximum Gasteiger partial charge on any atom is 0.261 e. The van der Waals surface area contributed by atoms with Gasteiger partial charge in [0, 0.05) is 13.6 Å². The zero-order valence-corrected chi connectivity index (χ0v) is 11.8. The highest BCUT2D eigenvalue weighted by atomic mass is 16.5. The number of benzene rings is 1. The van der Waals surface area contributed by atoms with Crippen molar-refractivity contribution >= 4 is 11.8 Å². The second-order valence-electron chi connectivity index (χ2n) is 4.78. The van der Waals surface area contributed by atoms with E-state index in [1.165, 1.54) is 0 Å². The Hall–Kier alpha value is -2.55. The predicted molar refractivity (Wildman–Crippen MR) is 75.5 cm³/mol. The predicted octanol–water partition coefficient (Wildman–Crippen LogP) is 0.674. The van der Waals surface area contributed by atoms with Crippen LogP contribution in [0.3, 0.4) is 0 Å². The molecule has 6 nitrogen and oxygen atoms in total. The van der Waals surface area contributed by atoms with Crippen LogP contribution in [-0.2, 0) is 9.59 Å². The van der Waals surface area contributed by atoms with Gasteiger partial charge in [0.1, 0.15) is 11.8 Å². The van der Waals surface area contributed by atoms with Gasteiger partial charge in [-0.15, -0.1) is 0 Å². The maximum absolute atomic E-state index is 12.1. The minimum atomic E-state index is -0.396. The van der Waals surface area contributed by atoms with Crippen molar-refractivity contribution in [3.05, 3.63) is 29.8 Å². The average Bonchev–Trinajstić information content (AvgIpc) is 3.02. The molecule has 21 heavy (non-hydrogen) atoms. The van der Waals surface area contributed by atoms with E-state index in [4.69, 9.17) is 10.00 Å². The van der Waals surface area contributed by atoms with Gasteiger partial charge in [-0.25, -0.2) is 0 Å². The number of carbonyl (C=O) groups is 2. The molecule has 110 valence electrons. The molecule has 2 amide bonds. The van der Waals surface area contributed by atoms with Crippen LogP contribution < -0.4 is 10.1 Å². The Morgan fingerprint density at radius 1 is 1.43 bits per heavy atom. The Labute approximate surface area is 123 Å². The number of carbonyl (C=O) groups excluding carboxylic acids is 2. The van der Waals surface area contributed by atoms with Crippen LogP contribution in [0.5, 0.6) is 5.75 Å². The molecule has 2 rings (SSSR count). The number of ether oxygens (including phenoxy) is 1. The first-order valence-electron chi connectivity index (χ1n) is 6.79. The Balaban J connectivity index is 1.91. The minimum absolute atomic E-state index is 0.112. The summed E-state index contributed by atoms with van der Waals surface area (Å²) >= 11 is 0. The molecule has 1 fully saturated rings. The summed E-state index contributed by atoms with van der Waals surface area (Å²) in [5.41, 5.74) is 0.535. The lowest BCUT2D eigenvalue weighted by Gasteiger charge is -2.23. The standard InChI is InChI=1S/C15H17N3O3/c1-17-15(20)13-3-2-8-18(13)14(19)10-21-12-6-4-11(9-16)5-7-12/h4-7,13H,2-3,8,10H2,1H3,(H,17,20). The van der Waals surface area contributed by atoms with Gasteiger partial charge in [0.05, 0.1) is 11.6 Å². The fourth-order valence-corrected chi connectivity index (χ4v) is 2.36. The number of hydrogen-bond acceptors (Lipinski definition) is 4. The molecule has 1 N–H and O–H groups in total. The van der Waals surface area contributed by atoms with E-state index in [1.54, 1.807) is 36.2 Å². The lowest BCUT2D eigenvalue weighted by Crippen LogP contribution is -2.46. The molecular weight excluding hydrogens is 270 g/mol. The largest absolute Gasteiger partial charge is 0.484 e. The molecular formula is C15H17N3O3. The summed E-state index contributed by atoms with van der Waals surface area (Å²) < 4.78 is 5.41. The molecule has 1 aromatic carbocycles. The second kappa shape index (κ2) is 6.75. The summed E-state index contributed by atoms with van der Waals surface area (Å²) in [5.74, 6) is 0.183. The molecule has 1 aromatic rings. The van der Waals surface area contributed by atoms with Crippen LogP contribution in [0.4, 0.5) is 0 Å². The van der Waals surface area contributed by atoms with E-state index < -0.39 is 6.04 Å². The van der Waals surface area contributed by atoms with Crippen molar-refractivity contribution in [3.8, 4) is 11.8 Å². The van der Waals surface area contributed by atoms with Gasteiger partial charge in [-0.2, -0.15) is 5.26 Å². The first-order chi connectivity index (χ1) is 10.2. The third-order valence-electron chi connectivity index (χ3n) is 3.47. The van der Waals surface area contributed by atoms with Gasteiger partial charge in [0.25, 0.3) is 5.91 Å². The fourth-order valence-electron chi connectivity index (χ4n) is 2.36. The third kappa shape index (κ3) is 3.51. The number of nitrogens with one attached hydrogen (secondary N) is 1. The van der Waals surface area contributed by atoms with Crippen molar-refractivity contribution in [2.24, 2.45) is 0 Å². The van der Waals surface area contributed by atoms with Gasteiger partial charge >= 0.3 is 0 Å². The molecule has 1 aliphatic rings. The van der Waals surface area contributed by atoms with Crippen LogP contribution in [0, 0.1) is 11.3 Å². The smallest absolute Gasteiger partial charge is 0.261 e. The van der Waals surface area contributed by atoms with E-state index in [0.29, 0.717) is 24.3 Å². The lowest BCUT2D eigenvalue weighted by molar-refractivity contribution is -0.139. The Morgan fingerprint density at radius 2 is 2.14 bits per heavy atom. The van der Waals surface area contributed by atoms with Crippen LogP contribution in [0.1, 0.15) is 18.4 Å². The van der Waals surface area contributed by atoms with E-state index >= 15 is 0 Å². The molecule has 1 atom stereocenters.